The van der Waals surface area contributed by atoms with Crippen molar-refractivity contribution in [3.8, 4) is 11.5 Å². The number of hydrogen-bond acceptors (Lipinski definition) is 7. The fraction of sp³-hybridized carbons (Fsp3) is 0.188. The average Bonchev–Trinajstić information content (AvgIpc) is 3.05. The zero-order chi connectivity index (χ0) is 17.1. The first-order valence-electron chi connectivity index (χ1n) is 7.27. The molecule has 8 heteroatoms. The lowest BCUT2D eigenvalue weighted by molar-refractivity contribution is -0.116. The van der Waals surface area contributed by atoms with Crippen LogP contribution in [0.15, 0.2) is 36.7 Å². The van der Waals surface area contributed by atoms with E-state index >= 15 is 0 Å². The van der Waals surface area contributed by atoms with Crippen LogP contribution >= 0.6 is 11.5 Å². The fourth-order valence-corrected chi connectivity index (χ4v) is 2.57. The molecule has 0 saturated heterocycles. The first-order valence-corrected chi connectivity index (χ1v) is 8.05. The van der Waals surface area contributed by atoms with Gasteiger partial charge in [-0.05, 0) is 30.7 Å². The third-order valence-corrected chi connectivity index (χ3v) is 4.13. The lowest BCUT2D eigenvalue weighted by Crippen LogP contribution is -2.22. The minimum absolute atomic E-state index is 0.0476. The molecule has 0 aromatic carbocycles. The van der Waals surface area contributed by atoms with Crippen LogP contribution in [0.4, 0.5) is 16.6 Å². The van der Waals surface area contributed by atoms with E-state index < -0.39 is 0 Å². The molecular weight excluding hydrogens is 324 g/mol. The summed E-state index contributed by atoms with van der Waals surface area (Å²) in [5.41, 5.74) is 2.41. The van der Waals surface area contributed by atoms with Gasteiger partial charge in [0.1, 0.15) is 11.5 Å². The van der Waals surface area contributed by atoms with Gasteiger partial charge in [0.2, 0.25) is 11.0 Å². The number of carbonyl (C=O) groups excluding carboxylic acids is 1. The van der Waals surface area contributed by atoms with E-state index in [0.29, 0.717) is 16.6 Å². The molecule has 0 atom stereocenters. The molecule has 0 aliphatic heterocycles. The van der Waals surface area contributed by atoms with E-state index in [0.717, 1.165) is 17.1 Å². The highest BCUT2D eigenvalue weighted by Gasteiger charge is 2.11. The van der Waals surface area contributed by atoms with Crippen molar-refractivity contribution in [3.05, 3.63) is 42.2 Å². The Labute approximate surface area is 143 Å². The van der Waals surface area contributed by atoms with Crippen molar-refractivity contribution < 1.29 is 4.79 Å². The van der Waals surface area contributed by atoms with E-state index in [1.54, 1.807) is 25.5 Å². The van der Waals surface area contributed by atoms with E-state index in [2.05, 4.69) is 24.6 Å². The van der Waals surface area contributed by atoms with E-state index in [-0.39, 0.29) is 5.91 Å². The van der Waals surface area contributed by atoms with Crippen molar-refractivity contribution in [1.29, 1.82) is 0 Å². The summed E-state index contributed by atoms with van der Waals surface area (Å²) in [7, 11) is 1.71. The number of rotatable bonds is 4. The zero-order valence-corrected chi connectivity index (χ0v) is 14.3. The van der Waals surface area contributed by atoms with Crippen molar-refractivity contribution in [2.24, 2.45) is 0 Å². The Balaban J connectivity index is 1.78. The number of nitrogens with one attached hydrogen (secondary N) is 1. The number of aryl methyl sites for hydroxylation is 1. The highest BCUT2D eigenvalue weighted by atomic mass is 32.1. The van der Waals surface area contributed by atoms with Gasteiger partial charge in [0.15, 0.2) is 5.82 Å². The second-order valence-corrected chi connectivity index (χ2v) is 5.95. The first kappa shape index (κ1) is 16.0. The van der Waals surface area contributed by atoms with Crippen LogP contribution < -0.4 is 10.2 Å². The number of aromatic nitrogens is 4. The summed E-state index contributed by atoms with van der Waals surface area (Å²) in [6, 6.07) is 7.48. The molecule has 24 heavy (non-hydrogen) atoms. The van der Waals surface area contributed by atoms with Gasteiger partial charge in [-0.25, -0.2) is 4.98 Å². The Hall–Kier alpha value is -2.87. The zero-order valence-electron chi connectivity index (χ0n) is 13.5. The van der Waals surface area contributed by atoms with Crippen molar-refractivity contribution in [3.63, 3.8) is 0 Å². The summed E-state index contributed by atoms with van der Waals surface area (Å²) in [6.45, 7) is 3.48. The third kappa shape index (κ3) is 3.38. The lowest BCUT2D eigenvalue weighted by atomic mass is 10.3. The summed E-state index contributed by atoms with van der Waals surface area (Å²) in [5, 5.41) is 3.81. The number of anilines is 3. The number of hydrogen-bond donors (Lipinski definition) is 1. The van der Waals surface area contributed by atoms with Gasteiger partial charge in [0.05, 0.1) is 11.9 Å². The summed E-state index contributed by atoms with van der Waals surface area (Å²) >= 11 is 1.25. The average molecular weight is 340 g/mol. The molecule has 0 saturated carbocycles. The van der Waals surface area contributed by atoms with Crippen LogP contribution in [0.25, 0.3) is 11.5 Å². The Bertz CT molecular complexity index is 861. The van der Waals surface area contributed by atoms with E-state index in [9.17, 15) is 4.79 Å². The van der Waals surface area contributed by atoms with Crippen molar-refractivity contribution >= 4 is 34.1 Å². The molecule has 0 radical (unpaired) electrons. The van der Waals surface area contributed by atoms with Crippen LogP contribution in [-0.4, -0.2) is 32.3 Å². The van der Waals surface area contributed by atoms with Crippen molar-refractivity contribution in [2.75, 3.05) is 17.3 Å². The second-order valence-electron chi connectivity index (χ2n) is 5.20. The van der Waals surface area contributed by atoms with E-state index in [4.69, 9.17) is 0 Å². The third-order valence-electron chi connectivity index (χ3n) is 3.50. The smallest absolute Gasteiger partial charge is 0.223 e. The number of amides is 1. The quantitative estimate of drug-likeness (QED) is 0.786. The van der Waals surface area contributed by atoms with Crippen LogP contribution in [0.1, 0.15) is 12.5 Å². The molecule has 0 fully saturated rings. The minimum atomic E-state index is -0.0476. The van der Waals surface area contributed by atoms with Gasteiger partial charge in [-0.2, -0.15) is 9.36 Å². The van der Waals surface area contributed by atoms with Crippen LogP contribution in [0.5, 0.6) is 0 Å². The van der Waals surface area contributed by atoms with Crippen LogP contribution in [-0.2, 0) is 4.79 Å². The number of pyridine rings is 2. The predicted molar refractivity (Wildman–Crippen MR) is 94.5 cm³/mol. The first-order chi connectivity index (χ1) is 11.5. The monoisotopic (exact) mass is 340 g/mol. The lowest BCUT2D eigenvalue weighted by Gasteiger charge is -2.14. The molecule has 0 spiro atoms. The van der Waals surface area contributed by atoms with Crippen molar-refractivity contribution in [2.45, 2.75) is 13.8 Å². The van der Waals surface area contributed by atoms with Gasteiger partial charge in [0, 0.05) is 31.7 Å². The summed E-state index contributed by atoms with van der Waals surface area (Å²) in [6.07, 6.45) is 3.36. The highest BCUT2D eigenvalue weighted by Crippen LogP contribution is 2.24. The largest absolute Gasteiger partial charge is 0.315 e. The molecule has 3 rings (SSSR count). The maximum absolute atomic E-state index is 11.4. The molecule has 3 aromatic rings. The highest BCUT2D eigenvalue weighted by molar-refractivity contribution is 7.09. The molecule has 0 aliphatic carbocycles. The van der Waals surface area contributed by atoms with Gasteiger partial charge in [-0.3, -0.25) is 9.78 Å². The van der Waals surface area contributed by atoms with Crippen LogP contribution in [0, 0.1) is 6.92 Å². The molecule has 3 heterocycles. The van der Waals surface area contributed by atoms with Gasteiger partial charge in [-0.15, -0.1) is 0 Å². The van der Waals surface area contributed by atoms with Gasteiger partial charge >= 0.3 is 0 Å². The van der Waals surface area contributed by atoms with Crippen LogP contribution in [0.2, 0.25) is 0 Å². The second kappa shape index (κ2) is 6.71. The van der Waals surface area contributed by atoms with E-state index in [1.165, 1.54) is 23.4 Å². The summed E-state index contributed by atoms with van der Waals surface area (Å²) < 4.78 is 4.32. The van der Waals surface area contributed by atoms with Gasteiger partial charge in [-0.1, -0.05) is 6.07 Å². The molecule has 122 valence electrons. The Morgan fingerprint density at radius 2 is 2.08 bits per heavy atom. The van der Waals surface area contributed by atoms with Gasteiger partial charge in [0.25, 0.3) is 0 Å². The summed E-state index contributed by atoms with van der Waals surface area (Å²) in [4.78, 5) is 25.9. The molecular formula is C16H16N6OS. The molecule has 1 N–H and O–H groups in total. The standard InChI is InChI=1S/C16H16N6OS/c1-10-5-4-8-17-14(10)19-16-20-15(21-24-16)13-7-6-12(9-18-13)22(3)11(2)23/h4-9H,1-3H3,(H,17,19,20,21). The molecule has 0 aliphatic rings. The van der Waals surface area contributed by atoms with Gasteiger partial charge < -0.3 is 10.2 Å². The van der Waals surface area contributed by atoms with Crippen LogP contribution in [0.3, 0.4) is 0 Å². The molecule has 0 unspecified atom stereocenters. The number of nitrogens with zero attached hydrogens (tertiary/aromatic N) is 5. The summed E-state index contributed by atoms with van der Waals surface area (Å²) in [5.74, 6) is 1.24. The normalized spacial score (nSPS) is 10.5. The molecule has 0 bridgehead atoms. The Kier molecular flexibility index (Phi) is 4.48. The molecule has 1 amide bonds. The molecule has 7 nitrogen and oxygen atoms in total. The van der Waals surface area contributed by atoms with E-state index in [1.807, 2.05) is 25.1 Å². The topological polar surface area (TPSA) is 83.9 Å². The number of carbonyl (C=O) groups is 1. The maximum atomic E-state index is 11.4. The Morgan fingerprint density at radius 3 is 2.75 bits per heavy atom. The Morgan fingerprint density at radius 1 is 1.25 bits per heavy atom. The SMILES string of the molecule is CC(=O)N(C)c1ccc(-c2nsc(Nc3ncccc3C)n2)nc1. The predicted octanol–water partition coefficient (Wildman–Crippen LogP) is 3.03. The fourth-order valence-electron chi connectivity index (χ4n) is 1.99. The maximum Gasteiger partial charge on any atom is 0.223 e. The van der Waals surface area contributed by atoms with Crippen molar-refractivity contribution in [1.82, 2.24) is 19.3 Å². The molecule has 3 aromatic heterocycles. The minimum Gasteiger partial charge on any atom is -0.315 e.